The second-order valence-electron chi connectivity index (χ2n) is 15.6. The summed E-state index contributed by atoms with van der Waals surface area (Å²) >= 11 is 1.84. The molecule has 290 valence electrons. The van der Waals surface area contributed by atoms with Crippen molar-refractivity contribution in [2.24, 2.45) is 0 Å². The topological polar surface area (TPSA) is 43.1 Å². The second kappa shape index (κ2) is 14.9. The highest BCUT2D eigenvalue weighted by atomic mass is 32.1. The molecular weight excluding hydrogens is 773 g/mol. The number of rotatable bonds is 7. The van der Waals surface area contributed by atoms with Crippen LogP contribution < -0.4 is 0 Å². The lowest BCUT2D eigenvalue weighted by Crippen LogP contribution is -1.96. The van der Waals surface area contributed by atoms with Crippen LogP contribution in [0.1, 0.15) is 0 Å². The fourth-order valence-electron chi connectivity index (χ4n) is 8.81. The Balaban J connectivity index is 1.00. The molecule has 0 saturated carbocycles. The van der Waals surface area contributed by atoms with Crippen molar-refractivity contribution in [3.8, 4) is 78.7 Å². The van der Waals surface area contributed by atoms with E-state index in [4.69, 9.17) is 15.1 Å². The van der Waals surface area contributed by atoms with Gasteiger partial charge in [-0.1, -0.05) is 182 Å². The van der Waals surface area contributed by atoms with Gasteiger partial charge in [0, 0.05) is 58.9 Å². The molecule has 0 spiro atoms. The van der Waals surface area contributed by atoms with Crippen LogP contribution in [-0.4, -0.2) is 19.6 Å². The molecule has 0 bridgehead atoms. The molecule has 4 aromatic heterocycles. The molecule has 0 fully saturated rings. The summed E-state index contributed by atoms with van der Waals surface area (Å²) in [4.78, 5) is 10.5. The molecule has 4 heterocycles. The van der Waals surface area contributed by atoms with E-state index < -0.39 is 0 Å². The molecule has 0 atom stereocenters. The van der Waals surface area contributed by atoms with E-state index in [9.17, 15) is 0 Å². The zero-order chi connectivity index (χ0) is 41.0. The highest BCUT2D eigenvalue weighted by Crippen LogP contribution is 2.42. The molecule has 5 heteroatoms. The molecule has 0 unspecified atom stereocenters. The fraction of sp³-hybridized carbons (Fsp3) is 0. The number of fused-ring (bicyclic) bond motifs is 6. The first kappa shape index (κ1) is 35.9. The zero-order valence-electron chi connectivity index (χ0n) is 33.5. The summed E-state index contributed by atoms with van der Waals surface area (Å²) in [6.07, 6.45) is 0. The van der Waals surface area contributed by atoms with Crippen LogP contribution in [0, 0.1) is 0 Å². The van der Waals surface area contributed by atoms with Crippen LogP contribution >= 0.6 is 11.3 Å². The lowest BCUT2D eigenvalue weighted by atomic mass is 9.95. The number of thiophene rings is 1. The van der Waals surface area contributed by atoms with E-state index in [-0.39, 0.29) is 0 Å². The molecule has 12 rings (SSSR count). The van der Waals surface area contributed by atoms with Crippen LogP contribution in [-0.2, 0) is 0 Å². The molecule has 0 aliphatic carbocycles. The van der Waals surface area contributed by atoms with E-state index in [1.54, 1.807) is 0 Å². The fourth-order valence-corrected chi connectivity index (χ4v) is 9.89. The van der Waals surface area contributed by atoms with Gasteiger partial charge in [-0.05, 0) is 58.5 Å². The van der Waals surface area contributed by atoms with Crippen molar-refractivity contribution >= 4 is 47.8 Å². The van der Waals surface area contributed by atoms with Crippen LogP contribution in [0.15, 0.2) is 218 Å². The van der Waals surface area contributed by atoms with Crippen molar-refractivity contribution in [3.05, 3.63) is 218 Å². The molecular formula is C57H36N4S. The predicted octanol–water partition coefficient (Wildman–Crippen LogP) is 15.3. The van der Waals surface area contributed by atoms with Gasteiger partial charge in [-0.3, -0.25) is 0 Å². The van der Waals surface area contributed by atoms with Crippen LogP contribution in [0.2, 0.25) is 0 Å². The van der Waals surface area contributed by atoms with Gasteiger partial charge in [0.2, 0.25) is 0 Å². The Morgan fingerprint density at radius 2 is 0.935 bits per heavy atom. The van der Waals surface area contributed by atoms with Crippen molar-refractivity contribution in [2.45, 2.75) is 0 Å². The third-order valence-corrected chi connectivity index (χ3v) is 13.0. The summed E-state index contributed by atoms with van der Waals surface area (Å²) in [5.41, 5.74) is 14.4. The van der Waals surface area contributed by atoms with Gasteiger partial charge in [-0.2, -0.15) is 5.10 Å². The Bertz CT molecular complexity index is 3610. The van der Waals surface area contributed by atoms with E-state index >= 15 is 0 Å². The van der Waals surface area contributed by atoms with Gasteiger partial charge < -0.3 is 0 Å². The smallest absolute Gasteiger partial charge is 0.160 e. The van der Waals surface area contributed by atoms with Crippen LogP contribution in [0.25, 0.3) is 115 Å². The van der Waals surface area contributed by atoms with Crippen LogP contribution in [0.3, 0.4) is 0 Å². The maximum absolute atomic E-state index is 5.50. The summed E-state index contributed by atoms with van der Waals surface area (Å²) < 4.78 is 4.76. The minimum atomic E-state index is 0.675. The molecule has 4 nitrogen and oxygen atoms in total. The lowest BCUT2D eigenvalue weighted by molar-refractivity contribution is 0.979. The van der Waals surface area contributed by atoms with Crippen LogP contribution in [0.4, 0.5) is 0 Å². The lowest BCUT2D eigenvalue weighted by Gasteiger charge is -2.11. The summed E-state index contributed by atoms with van der Waals surface area (Å²) in [5, 5.41) is 10.4. The summed E-state index contributed by atoms with van der Waals surface area (Å²) in [5.74, 6) is 0.675. The van der Waals surface area contributed by atoms with E-state index in [1.165, 1.54) is 31.1 Å². The average molecular weight is 809 g/mol. The van der Waals surface area contributed by atoms with Gasteiger partial charge in [-0.25, -0.2) is 14.5 Å². The Hall–Kier alpha value is -7.99. The van der Waals surface area contributed by atoms with Crippen molar-refractivity contribution in [1.82, 2.24) is 19.6 Å². The number of nitrogens with zero attached hydrogens (tertiary/aromatic N) is 4. The molecule has 0 radical (unpaired) electrons. The number of aromatic nitrogens is 4. The Morgan fingerprint density at radius 3 is 1.71 bits per heavy atom. The van der Waals surface area contributed by atoms with E-state index in [1.807, 2.05) is 17.4 Å². The minimum Gasteiger partial charge on any atom is -0.231 e. The number of pyridine rings is 1. The molecule has 12 aromatic rings. The first-order valence-corrected chi connectivity index (χ1v) is 21.7. The van der Waals surface area contributed by atoms with Crippen molar-refractivity contribution in [2.75, 3.05) is 0 Å². The molecule has 0 amide bonds. The Morgan fingerprint density at radius 1 is 0.355 bits per heavy atom. The Kier molecular flexibility index (Phi) is 8.65. The molecule has 0 N–H and O–H groups in total. The molecule has 0 aliphatic rings. The van der Waals surface area contributed by atoms with Gasteiger partial charge in [0.05, 0.1) is 22.6 Å². The van der Waals surface area contributed by atoms with Crippen molar-refractivity contribution in [1.29, 1.82) is 0 Å². The molecule has 0 aliphatic heterocycles. The molecule has 8 aromatic carbocycles. The standard InChI is InChI=1S/C57H36N4S/c1-4-15-38(16-5-1)49-36-50(59-57(58-49)41-29-27-37(28-30-41)42-31-32-53-48(34-42)47-25-12-13-26-52(47)62-53)44-22-14-23-45(33-44)55-54(40-19-8-3-9-20-40)56-46-24-11-10-21-43(46)35-51(61(56)60-55)39-17-6-2-7-18-39/h1-36H. The van der Waals surface area contributed by atoms with E-state index in [0.29, 0.717) is 5.82 Å². The largest absolute Gasteiger partial charge is 0.231 e. The second-order valence-corrected chi connectivity index (χ2v) is 16.7. The monoisotopic (exact) mass is 808 g/mol. The number of benzene rings is 8. The normalized spacial score (nSPS) is 11.5. The van der Waals surface area contributed by atoms with Gasteiger partial charge in [0.25, 0.3) is 0 Å². The van der Waals surface area contributed by atoms with E-state index in [2.05, 4.69) is 217 Å². The van der Waals surface area contributed by atoms with Gasteiger partial charge in [-0.15, -0.1) is 11.3 Å². The van der Waals surface area contributed by atoms with Gasteiger partial charge in [0.15, 0.2) is 5.82 Å². The third-order valence-electron chi connectivity index (χ3n) is 11.8. The quantitative estimate of drug-likeness (QED) is 0.161. The summed E-state index contributed by atoms with van der Waals surface area (Å²) in [6.45, 7) is 0. The first-order chi connectivity index (χ1) is 30.7. The highest BCUT2D eigenvalue weighted by molar-refractivity contribution is 7.25. The van der Waals surface area contributed by atoms with Crippen molar-refractivity contribution in [3.63, 3.8) is 0 Å². The average Bonchev–Trinajstić information content (AvgIpc) is 3.94. The predicted molar refractivity (Wildman–Crippen MR) is 259 cm³/mol. The molecule has 62 heavy (non-hydrogen) atoms. The number of hydrogen-bond donors (Lipinski definition) is 0. The third kappa shape index (κ3) is 6.26. The van der Waals surface area contributed by atoms with Crippen molar-refractivity contribution < 1.29 is 0 Å². The first-order valence-electron chi connectivity index (χ1n) is 20.8. The van der Waals surface area contributed by atoms with E-state index in [0.717, 1.165) is 78.2 Å². The molecule has 0 saturated heterocycles. The maximum Gasteiger partial charge on any atom is 0.160 e. The Labute approximate surface area is 362 Å². The maximum atomic E-state index is 5.50. The van der Waals surface area contributed by atoms with Gasteiger partial charge in [0.1, 0.15) is 5.69 Å². The van der Waals surface area contributed by atoms with Gasteiger partial charge >= 0.3 is 0 Å². The zero-order valence-corrected chi connectivity index (χ0v) is 34.3. The number of hydrogen-bond acceptors (Lipinski definition) is 4. The SMILES string of the molecule is c1ccc(-c2cc(-c3cccc(-c4nn5c(-c6ccccc6)cc6ccccc6c5c4-c4ccccc4)c3)nc(-c3ccc(-c4ccc5sc6ccccc6c5c4)cc3)n2)cc1. The minimum absolute atomic E-state index is 0.675. The summed E-state index contributed by atoms with van der Waals surface area (Å²) in [7, 11) is 0. The summed E-state index contributed by atoms with van der Waals surface area (Å²) in [6, 6.07) is 77.3. The van der Waals surface area contributed by atoms with Crippen LogP contribution in [0.5, 0.6) is 0 Å². The highest BCUT2D eigenvalue weighted by Gasteiger charge is 2.22.